The van der Waals surface area contributed by atoms with Crippen molar-refractivity contribution < 1.29 is 9.90 Å². The number of pyridine rings is 1. The number of hydrogen-bond donors (Lipinski definition) is 2. The van der Waals surface area contributed by atoms with E-state index in [1.807, 2.05) is 36.4 Å². The van der Waals surface area contributed by atoms with Crippen molar-refractivity contribution in [2.45, 2.75) is 18.8 Å². The van der Waals surface area contributed by atoms with Gasteiger partial charge in [-0.3, -0.25) is 9.78 Å². The van der Waals surface area contributed by atoms with E-state index in [4.69, 9.17) is 16.1 Å². The molecule has 118 valence electrons. The largest absolute Gasteiger partial charge is 0.396 e. The third-order valence-corrected chi connectivity index (χ3v) is 3.71. The summed E-state index contributed by atoms with van der Waals surface area (Å²) < 4.78 is 0. The Morgan fingerprint density at radius 3 is 2.52 bits per heavy atom. The fourth-order valence-corrected chi connectivity index (χ4v) is 2.33. The molecule has 1 saturated carbocycles. The van der Waals surface area contributed by atoms with Crippen LogP contribution in [0.15, 0.2) is 48.7 Å². The maximum absolute atomic E-state index is 10.8. The Hall–Kier alpha value is -2.71. The van der Waals surface area contributed by atoms with Crippen LogP contribution < -0.4 is 5.73 Å². The summed E-state index contributed by atoms with van der Waals surface area (Å²) in [6.45, 7) is 0.0961. The lowest BCUT2D eigenvalue weighted by Crippen LogP contribution is -2.13. The molecule has 2 aromatic rings. The van der Waals surface area contributed by atoms with Crippen LogP contribution in [0, 0.1) is 17.2 Å². The second-order valence-corrected chi connectivity index (χ2v) is 5.39. The molecule has 1 aromatic carbocycles. The smallest absolute Gasteiger partial charge is 0.221 e. The van der Waals surface area contributed by atoms with Gasteiger partial charge >= 0.3 is 0 Å². The molecule has 1 heterocycles. The number of hydrogen-bond acceptors (Lipinski definition) is 4. The van der Waals surface area contributed by atoms with Crippen LogP contribution in [0.2, 0.25) is 0 Å². The molecule has 5 nitrogen and oxygen atoms in total. The number of amides is 1. The maximum atomic E-state index is 10.8. The fraction of sp³-hybridized carbons (Fsp3) is 0.278. The summed E-state index contributed by atoms with van der Waals surface area (Å²) in [5.74, 6) is 0.319. The van der Waals surface area contributed by atoms with Gasteiger partial charge in [0.25, 0.3) is 0 Å². The molecule has 3 rings (SSSR count). The Balaban J connectivity index is 0.000000168. The number of benzene rings is 1. The zero-order valence-electron chi connectivity index (χ0n) is 12.7. The summed E-state index contributed by atoms with van der Waals surface area (Å²) in [5.41, 5.74) is 7.78. The quantitative estimate of drug-likeness (QED) is 0.898. The Kier molecular flexibility index (Phi) is 5.84. The summed E-state index contributed by atoms with van der Waals surface area (Å²) >= 11 is 0. The number of nitrogens with zero attached hydrogens (tertiary/aromatic N) is 2. The van der Waals surface area contributed by atoms with Crippen LogP contribution in [0.25, 0.3) is 0 Å². The van der Waals surface area contributed by atoms with E-state index in [1.165, 1.54) is 11.8 Å². The van der Waals surface area contributed by atoms with Gasteiger partial charge in [0.15, 0.2) is 0 Å². The van der Waals surface area contributed by atoms with Gasteiger partial charge in [-0.15, -0.1) is 0 Å². The van der Waals surface area contributed by atoms with Gasteiger partial charge in [-0.1, -0.05) is 30.3 Å². The van der Waals surface area contributed by atoms with Gasteiger partial charge in [-0.05, 0) is 30.0 Å². The number of aromatic nitrogens is 1. The summed E-state index contributed by atoms with van der Waals surface area (Å²) in [4.78, 5) is 14.7. The summed E-state index contributed by atoms with van der Waals surface area (Å²) in [6.07, 6.45) is 2.98. The van der Waals surface area contributed by atoms with Gasteiger partial charge in [0.1, 0.15) is 6.07 Å². The van der Waals surface area contributed by atoms with Gasteiger partial charge in [-0.2, -0.15) is 5.26 Å². The summed E-state index contributed by atoms with van der Waals surface area (Å²) in [7, 11) is 0. The summed E-state index contributed by atoms with van der Waals surface area (Å²) in [6, 6.07) is 15.5. The maximum Gasteiger partial charge on any atom is 0.221 e. The minimum Gasteiger partial charge on any atom is -0.396 e. The highest BCUT2D eigenvalue weighted by atomic mass is 16.3. The first-order chi connectivity index (χ1) is 11.2. The number of aliphatic hydroxyl groups excluding tert-OH is 1. The molecule has 0 radical (unpaired) electrons. The van der Waals surface area contributed by atoms with Gasteiger partial charge in [0.05, 0.1) is 5.56 Å². The van der Waals surface area contributed by atoms with Gasteiger partial charge in [0, 0.05) is 30.8 Å². The standard InChI is InChI=1S/C10H11NO.C8H8N2O/c11-10(12)9-6-8(9)7-4-2-1-3-5-7;9-5-7-1-2-8(3-4-11)10-6-7/h1-5,8-9H,6H2,(H2,11,12);1-2,6,11H,3-4H2/t8-,9?;/m1./s1. The van der Waals surface area contributed by atoms with Crippen LogP contribution in [-0.4, -0.2) is 22.6 Å². The average Bonchev–Trinajstić information content (AvgIpc) is 3.38. The zero-order valence-corrected chi connectivity index (χ0v) is 12.7. The molecule has 0 aliphatic heterocycles. The zero-order chi connectivity index (χ0) is 16.7. The van der Waals surface area contributed by atoms with E-state index >= 15 is 0 Å². The molecule has 5 heteroatoms. The predicted molar refractivity (Wildman–Crippen MR) is 86.2 cm³/mol. The molecular weight excluding hydrogens is 290 g/mol. The SMILES string of the molecule is N#Cc1ccc(CCO)nc1.NC(=O)C1C[C@@H]1c1ccccc1. The number of carbonyl (C=O) groups is 1. The molecule has 0 bridgehead atoms. The third kappa shape index (κ3) is 4.90. The first-order valence-corrected chi connectivity index (χ1v) is 7.46. The van der Waals surface area contributed by atoms with Crippen molar-refractivity contribution in [2.75, 3.05) is 6.61 Å². The fourth-order valence-electron chi connectivity index (χ4n) is 2.33. The van der Waals surface area contributed by atoms with Crippen molar-refractivity contribution in [1.29, 1.82) is 5.26 Å². The monoisotopic (exact) mass is 309 g/mol. The molecule has 1 unspecified atom stereocenters. The van der Waals surface area contributed by atoms with Crippen molar-refractivity contribution in [3.63, 3.8) is 0 Å². The highest BCUT2D eigenvalue weighted by molar-refractivity contribution is 5.81. The van der Waals surface area contributed by atoms with Gasteiger partial charge < -0.3 is 10.8 Å². The van der Waals surface area contributed by atoms with E-state index in [0.717, 1.165) is 12.1 Å². The average molecular weight is 309 g/mol. The van der Waals surface area contributed by atoms with Crippen molar-refractivity contribution >= 4 is 5.91 Å². The molecule has 0 spiro atoms. The number of carbonyl (C=O) groups excluding carboxylic acids is 1. The highest BCUT2D eigenvalue weighted by Crippen LogP contribution is 2.46. The summed E-state index contributed by atoms with van der Waals surface area (Å²) in [5, 5.41) is 17.0. The lowest BCUT2D eigenvalue weighted by Gasteiger charge is -1.95. The molecular formula is C18H19N3O2. The first kappa shape index (κ1) is 16.7. The molecule has 1 fully saturated rings. The van der Waals surface area contributed by atoms with Gasteiger partial charge in [-0.25, -0.2) is 0 Å². The molecule has 1 aromatic heterocycles. The normalized spacial score (nSPS) is 18.3. The number of rotatable bonds is 4. The van der Waals surface area contributed by atoms with Crippen LogP contribution in [0.4, 0.5) is 0 Å². The second-order valence-electron chi connectivity index (χ2n) is 5.39. The van der Waals surface area contributed by atoms with Crippen LogP contribution in [-0.2, 0) is 11.2 Å². The van der Waals surface area contributed by atoms with E-state index in [1.54, 1.807) is 12.1 Å². The van der Waals surface area contributed by atoms with E-state index in [0.29, 0.717) is 17.9 Å². The van der Waals surface area contributed by atoms with Crippen molar-refractivity contribution in [3.05, 3.63) is 65.5 Å². The minimum atomic E-state index is -0.163. The van der Waals surface area contributed by atoms with Crippen molar-refractivity contribution in [1.82, 2.24) is 4.98 Å². The number of primary amides is 1. The van der Waals surface area contributed by atoms with E-state index in [2.05, 4.69) is 4.98 Å². The van der Waals surface area contributed by atoms with E-state index < -0.39 is 0 Å². The molecule has 2 atom stereocenters. The number of nitriles is 1. The topological polar surface area (TPSA) is 100 Å². The van der Waals surface area contributed by atoms with Crippen LogP contribution in [0.1, 0.15) is 29.2 Å². The lowest BCUT2D eigenvalue weighted by atomic mass is 10.1. The molecule has 3 N–H and O–H groups in total. The first-order valence-electron chi connectivity index (χ1n) is 7.46. The van der Waals surface area contributed by atoms with Crippen molar-refractivity contribution in [3.8, 4) is 6.07 Å². The molecule has 23 heavy (non-hydrogen) atoms. The van der Waals surface area contributed by atoms with Crippen LogP contribution >= 0.6 is 0 Å². The lowest BCUT2D eigenvalue weighted by molar-refractivity contribution is -0.119. The Labute approximate surface area is 135 Å². The predicted octanol–water partition coefficient (Wildman–Crippen LogP) is 1.76. The van der Waals surface area contributed by atoms with Crippen molar-refractivity contribution in [2.24, 2.45) is 11.7 Å². The molecule has 1 aliphatic rings. The number of aliphatic hydroxyl groups is 1. The molecule has 1 amide bonds. The van der Waals surface area contributed by atoms with E-state index in [-0.39, 0.29) is 18.4 Å². The number of nitrogens with two attached hydrogens (primary N) is 1. The third-order valence-electron chi connectivity index (χ3n) is 3.71. The molecule has 0 saturated heterocycles. The van der Waals surface area contributed by atoms with Crippen LogP contribution in [0.5, 0.6) is 0 Å². The Morgan fingerprint density at radius 2 is 2.04 bits per heavy atom. The minimum absolute atomic E-state index is 0.0902. The Morgan fingerprint density at radius 1 is 1.30 bits per heavy atom. The highest BCUT2D eigenvalue weighted by Gasteiger charge is 2.42. The molecule has 1 aliphatic carbocycles. The van der Waals surface area contributed by atoms with E-state index in [9.17, 15) is 4.79 Å². The van der Waals surface area contributed by atoms with Crippen LogP contribution in [0.3, 0.4) is 0 Å². The van der Waals surface area contributed by atoms with Gasteiger partial charge in [0.2, 0.25) is 5.91 Å². The Bertz CT molecular complexity index is 678. The second kappa shape index (κ2) is 8.06.